The topological polar surface area (TPSA) is 60.0 Å². The van der Waals surface area contributed by atoms with Gasteiger partial charge in [0.05, 0.1) is 33.4 Å². The van der Waals surface area contributed by atoms with Crippen LogP contribution in [0.4, 0.5) is 0 Å². The molecular weight excluding hydrogens is 356 g/mol. The lowest BCUT2D eigenvalue weighted by Crippen LogP contribution is -2.36. The summed E-state index contributed by atoms with van der Waals surface area (Å²) in [5, 5.41) is 3.00. The number of rotatable bonds is 9. The number of amides is 1. The molecule has 1 heterocycles. The Labute approximate surface area is 166 Å². The zero-order valence-electron chi connectivity index (χ0n) is 16.4. The zero-order chi connectivity index (χ0) is 19.6. The molecule has 1 aliphatic rings. The number of para-hydroxylation sites is 2. The first-order valence-corrected chi connectivity index (χ1v) is 9.65. The summed E-state index contributed by atoms with van der Waals surface area (Å²) >= 11 is 0. The van der Waals surface area contributed by atoms with E-state index in [9.17, 15) is 4.79 Å². The van der Waals surface area contributed by atoms with Gasteiger partial charge in [-0.3, -0.25) is 9.69 Å². The summed E-state index contributed by atoms with van der Waals surface area (Å²) < 4.78 is 16.3. The molecule has 6 heteroatoms. The fraction of sp³-hybridized carbons (Fsp3) is 0.409. The molecule has 6 nitrogen and oxygen atoms in total. The lowest BCUT2D eigenvalue weighted by Gasteiger charge is -2.27. The maximum absolute atomic E-state index is 12.2. The molecule has 0 spiro atoms. The summed E-state index contributed by atoms with van der Waals surface area (Å²) in [6.07, 6.45) is 0.295. The van der Waals surface area contributed by atoms with Crippen LogP contribution in [-0.4, -0.2) is 50.8 Å². The van der Waals surface area contributed by atoms with Crippen LogP contribution in [0, 0.1) is 0 Å². The van der Waals surface area contributed by atoms with Crippen molar-refractivity contribution in [2.75, 3.05) is 40.0 Å². The highest BCUT2D eigenvalue weighted by Gasteiger charge is 2.13. The summed E-state index contributed by atoms with van der Waals surface area (Å²) in [6.45, 7) is 5.17. The van der Waals surface area contributed by atoms with Gasteiger partial charge in [-0.1, -0.05) is 36.4 Å². The van der Waals surface area contributed by atoms with Gasteiger partial charge in [-0.15, -0.1) is 0 Å². The standard InChI is InChI=1S/C22H28N2O4/c1-26-20-8-4-5-9-21(20)28-13-10-22(25)23-16-18-6-2-3-7-19(18)17-24-11-14-27-15-12-24/h2-9H,10-17H2,1H3,(H,23,25). The van der Waals surface area contributed by atoms with Gasteiger partial charge in [-0.05, 0) is 23.3 Å². The van der Waals surface area contributed by atoms with E-state index in [4.69, 9.17) is 14.2 Å². The average Bonchev–Trinajstić information content (AvgIpc) is 2.74. The Kier molecular flexibility index (Phi) is 7.70. The summed E-state index contributed by atoms with van der Waals surface area (Å²) in [6, 6.07) is 15.7. The molecule has 0 aromatic heterocycles. The van der Waals surface area contributed by atoms with Crippen LogP contribution < -0.4 is 14.8 Å². The smallest absolute Gasteiger partial charge is 0.223 e. The third-order valence-electron chi connectivity index (χ3n) is 4.75. The summed E-state index contributed by atoms with van der Waals surface area (Å²) in [7, 11) is 1.60. The molecule has 1 fully saturated rings. The maximum atomic E-state index is 12.2. The first kappa shape index (κ1) is 20.2. The quantitative estimate of drug-likeness (QED) is 0.720. The highest BCUT2D eigenvalue weighted by Crippen LogP contribution is 2.25. The number of carbonyl (C=O) groups excluding carboxylic acids is 1. The van der Waals surface area contributed by atoms with E-state index in [1.165, 1.54) is 5.56 Å². The number of ether oxygens (including phenoxy) is 3. The normalized spacial score (nSPS) is 14.5. The fourth-order valence-corrected chi connectivity index (χ4v) is 3.16. The minimum absolute atomic E-state index is 0.0314. The molecular formula is C22H28N2O4. The Morgan fingerprint density at radius 2 is 1.71 bits per heavy atom. The van der Waals surface area contributed by atoms with Gasteiger partial charge < -0.3 is 19.5 Å². The number of nitrogens with one attached hydrogen (secondary N) is 1. The van der Waals surface area contributed by atoms with Crippen LogP contribution in [-0.2, 0) is 22.6 Å². The number of methoxy groups -OCH3 is 1. The van der Waals surface area contributed by atoms with Crippen molar-refractivity contribution in [1.82, 2.24) is 10.2 Å². The van der Waals surface area contributed by atoms with E-state index in [1.54, 1.807) is 7.11 Å². The molecule has 1 N–H and O–H groups in total. The van der Waals surface area contributed by atoms with Crippen molar-refractivity contribution in [3.8, 4) is 11.5 Å². The van der Waals surface area contributed by atoms with Gasteiger partial charge in [0.25, 0.3) is 0 Å². The van der Waals surface area contributed by atoms with Gasteiger partial charge in [-0.2, -0.15) is 0 Å². The van der Waals surface area contributed by atoms with Crippen molar-refractivity contribution in [3.63, 3.8) is 0 Å². The number of carbonyl (C=O) groups is 1. The van der Waals surface area contributed by atoms with E-state index >= 15 is 0 Å². The molecule has 1 saturated heterocycles. The third kappa shape index (κ3) is 5.97. The van der Waals surface area contributed by atoms with Gasteiger partial charge >= 0.3 is 0 Å². The maximum Gasteiger partial charge on any atom is 0.223 e. The number of hydrogen-bond acceptors (Lipinski definition) is 5. The molecule has 2 aromatic rings. The first-order valence-electron chi connectivity index (χ1n) is 9.65. The Bertz CT molecular complexity index is 760. The molecule has 0 atom stereocenters. The van der Waals surface area contributed by atoms with E-state index in [0.29, 0.717) is 31.1 Å². The average molecular weight is 384 g/mol. The molecule has 0 unspecified atom stereocenters. The van der Waals surface area contributed by atoms with E-state index in [-0.39, 0.29) is 5.91 Å². The van der Waals surface area contributed by atoms with E-state index in [2.05, 4.69) is 22.3 Å². The van der Waals surface area contributed by atoms with Crippen LogP contribution in [0.2, 0.25) is 0 Å². The van der Waals surface area contributed by atoms with Gasteiger partial charge in [-0.25, -0.2) is 0 Å². The second-order valence-corrected chi connectivity index (χ2v) is 6.68. The minimum Gasteiger partial charge on any atom is -0.493 e. The SMILES string of the molecule is COc1ccccc1OCCC(=O)NCc1ccccc1CN1CCOCC1. The monoisotopic (exact) mass is 384 g/mol. The van der Waals surface area contributed by atoms with E-state index in [0.717, 1.165) is 38.4 Å². The number of benzene rings is 2. The van der Waals surface area contributed by atoms with E-state index in [1.807, 2.05) is 36.4 Å². The molecule has 1 aliphatic heterocycles. The molecule has 1 amide bonds. The van der Waals surface area contributed by atoms with Crippen molar-refractivity contribution in [2.45, 2.75) is 19.5 Å². The van der Waals surface area contributed by atoms with Gasteiger partial charge in [0.2, 0.25) is 5.91 Å². The molecule has 150 valence electrons. The highest BCUT2D eigenvalue weighted by atomic mass is 16.5. The van der Waals surface area contributed by atoms with Crippen LogP contribution >= 0.6 is 0 Å². The van der Waals surface area contributed by atoms with E-state index < -0.39 is 0 Å². The number of nitrogens with zero attached hydrogens (tertiary/aromatic N) is 1. The second-order valence-electron chi connectivity index (χ2n) is 6.68. The van der Waals surface area contributed by atoms with Crippen LogP contribution in [0.15, 0.2) is 48.5 Å². The molecule has 0 saturated carbocycles. The van der Waals surface area contributed by atoms with Crippen LogP contribution in [0.1, 0.15) is 17.5 Å². The zero-order valence-corrected chi connectivity index (χ0v) is 16.4. The summed E-state index contributed by atoms with van der Waals surface area (Å²) in [4.78, 5) is 14.6. The van der Waals surface area contributed by atoms with Gasteiger partial charge in [0, 0.05) is 26.2 Å². The fourth-order valence-electron chi connectivity index (χ4n) is 3.16. The van der Waals surface area contributed by atoms with Crippen molar-refractivity contribution in [1.29, 1.82) is 0 Å². The van der Waals surface area contributed by atoms with Gasteiger partial charge in [0.1, 0.15) is 0 Å². The van der Waals surface area contributed by atoms with Crippen molar-refractivity contribution < 1.29 is 19.0 Å². The first-order chi connectivity index (χ1) is 13.8. The Hall–Kier alpha value is -2.57. The van der Waals surface area contributed by atoms with Crippen LogP contribution in [0.3, 0.4) is 0 Å². The minimum atomic E-state index is -0.0314. The lowest BCUT2D eigenvalue weighted by molar-refractivity contribution is -0.121. The Balaban J connectivity index is 1.45. The second kappa shape index (κ2) is 10.7. The largest absolute Gasteiger partial charge is 0.493 e. The van der Waals surface area contributed by atoms with Crippen molar-refractivity contribution in [2.24, 2.45) is 0 Å². The number of morpholine rings is 1. The van der Waals surface area contributed by atoms with Crippen LogP contribution in [0.25, 0.3) is 0 Å². The van der Waals surface area contributed by atoms with Gasteiger partial charge in [0.15, 0.2) is 11.5 Å². The molecule has 0 radical (unpaired) electrons. The molecule has 2 aromatic carbocycles. The van der Waals surface area contributed by atoms with Crippen LogP contribution in [0.5, 0.6) is 11.5 Å². The predicted octanol–water partition coefficient (Wildman–Crippen LogP) is 2.61. The molecule has 0 bridgehead atoms. The summed E-state index contributed by atoms with van der Waals surface area (Å²) in [5.74, 6) is 1.28. The molecule has 28 heavy (non-hydrogen) atoms. The highest BCUT2D eigenvalue weighted by molar-refractivity contribution is 5.76. The number of hydrogen-bond donors (Lipinski definition) is 1. The summed E-state index contributed by atoms with van der Waals surface area (Å²) in [5.41, 5.74) is 2.39. The van der Waals surface area contributed by atoms with Crippen molar-refractivity contribution in [3.05, 3.63) is 59.7 Å². The Morgan fingerprint density at radius 1 is 1.04 bits per heavy atom. The third-order valence-corrected chi connectivity index (χ3v) is 4.75. The lowest BCUT2D eigenvalue weighted by atomic mass is 10.1. The van der Waals surface area contributed by atoms with Crippen molar-refractivity contribution >= 4 is 5.91 Å². The predicted molar refractivity (Wildman–Crippen MR) is 107 cm³/mol. The molecule has 3 rings (SSSR count). The Morgan fingerprint density at radius 3 is 2.46 bits per heavy atom. The molecule has 0 aliphatic carbocycles.